The SMILES string of the molecule is COc1cc2c(cc1OCc1cc(COc3cc4c(cc3C)C(=O)N3c5ccccc5C[C@H]3C(S(=O)(=O)OC)C4)cc(NC(=O)CCC(C)(C)S)c1)CC(CS(=O)(=O)O)[C@@H]1Cc3ccccc3N1C2=O. The first-order valence-electron chi connectivity index (χ1n) is 23.0. The number of hydrogen-bond donors (Lipinski definition) is 3. The molecule has 70 heavy (non-hydrogen) atoms. The summed E-state index contributed by atoms with van der Waals surface area (Å²) >= 11 is 4.58. The Morgan fingerprint density at radius 2 is 1.29 bits per heavy atom. The van der Waals surface area contributed by atoms with Crippen molar-refractivity contribution in [3.8, 4) is 17.2 Å². The maximum absolute atomic E-state index is 14.4. The molecule has 9 rings (SSSR count). The highest BCUT2D eigenvalue weighted by atomic mass is 32.2. The molecule has 0 saturated heterocycles. The number of amides is 3. The van der Waals surface area contributed by atoms with E-state index in [-0.39, 0.29) is 60.7 Å². The van der Waals surface area contributed by atoms with Gasteiger partial charge in [-0.2, -0.15) is 29.5 Å². The van der Waals surface area contributed by atoms with Gasteiger partial charge in [0, 0.05) is 51.3 Å². The molecule has 4 atom stereocenters. The summed E-state index contributed by atoms with van der Waals surface area (Å²) in [4.78, 5) is 45.2. The molecule has 0 bridgehead atoms. The lowest BCUT2D eigenvalue weighted by atomic mass is 9.91. The van der Waals surface area contributed by atoms with Gasteiger partial charge in [0.2, 0.25) is 5.91 Å². The first-order chi connectivity index (χ1) is 33.2. The van der Waals surface area contributed by atoms with E-state index in [1.165, 1.54) is 7.11 Å². The number of carbonyl (C=O) groups is 3. The molecule has 0 radical (unpaired) electrons. The lowest BCUT2D eigenvalue weighted by molar-refractivity contribution is -0.116. The van der Waals surface area contributed by atoms with Crippen molar-refractivity contribution >= 4 is 67.6 Å². The molecule has 3 amide bonds. The molecule has 5 aromatic carbocycles. The van der Waals surface area contributed by atoms with E-state index >= 15 is 0 Å². The van der Waals surface area contributed by atoms with Crippen molar-refractivity contribution < 1.29 is 54.2 Å². The maximum atomic E-state index is 14.4. The third-order valence-corrected chi connectivity index (χ3v) is 16.5. The summed E-state index contributed by atoms with van der Waals surface area (Å²) in [5, 5.41) is 1.95. The van der Waals surface area contributed by atoms with Gasteiger partial charge in [-0.3, -0.25) is 23.1 Å². The zero-order valence-corrected chi connectivity index (χ0v) is 42.0. The number of benzene rings is 5. The highest BCUT2D eigenvalue weighted by Gasteiger charge is 2.48. The van der Waals surface area contributed by atoms with Crippen molar-refractivity contribution in [3.05, 3.63) is 141 Å². The molecule has 2 unspecified atom stereocenters. The highest BCUT2D eigenvalue weighted by Crippen LogP contribution is 2.44. The van der Waals surface area contributed by atoms with Crippen LogP contribution in [0.25, 0.3) is 0 Å². The summed E-state index contributed by atoms with van der Waals surface area (Å²) in [6.45, 7) is 5.66. The summed E-state index contributed by atoms with van der Waals surface area (Å²) in [6, 6.07) is 25.9. The quantitative estimate of drug-likeness (QED) is 0.0527. The number of fused-ring (bicyclic) bond motifs is 8. The van der Waals surface area contributed by atoms with Crippen LogP contribution >= 0.6 is 12.6 Å². The predicted molar refractivity (Wildman–Crippen MR) is 269 cm³/mol. The maximum Gasteiger partial charge on any atom is 0.272 e. The summed E-state index contributed by atoms with van der Waals surface area (Å²) in [7, 11) is -5.92. The fourth-order valence-electron chi connectivity index (χ4n) is 10.4. The Morgan fingerprint density at radius 1 is 0.729 bits per heavy atom. The minimum Gasteiger partial charge on any atom is -0.493 e. The number of nitrogens with zero attached hydrogens (tertiary/aromatic N) is 2. The van der Waals surface area contributed by atoms with Gasteiger partial charge in [0.25, 0.3) is 32.1 Å². The second kappa shape index (κ2) is 19.0. The van der Waals surface area contributed by atoms with Gasteiger partial charge in [0.1, 0.15) is 24.2 Å². The topological polar surface area (TPSA) is 195 Å². The van der Waals surface area contributed by atoms with Crippen molar-refractivity contribution in [2.75, 3.05) is 35.1 Å². The van der Waals surface area contributed by atoms with E-state index in [9.17, 15) is 35.8 Å². The number of ether oxygens (including phenoxy) is 3. The number of anilines is 3. The molecule has 4 aliphatic rings. The third kappa shape index (κ3) is 10.0. The molecule has 2 N–H and O–H groups in total. The van der Waals surface area contributed by atoms with Gasteiger partial charge in [-0.1, -0.05) is 50.2 Å². The molecule has 0 spiro atoms. The predicted octanol–water partition coefficient (Wildman–Crippen LogP) is 7.69. The molecular weight excluding hydrogens is 955 g/mol. The smallest absolute Gasteiger partial charge is 0.272 e. The Hall–Kier alpha value is -5.92. The van der Waals surface area contributed by atoms with Crippen molar-refractivity contribution in [1.29, 1.82) is 0 Å². The number of para-hydroxylation sites is 2. The lowest BCUT2D eigenvalue weighted by Crippen LogP contribution is -2.47. The van der Waals surface area contributed by atoms with E-state index in [1.54, 1.807) is 46.2 Å². The van der Waals surface area contributed by atoms with E-state index in [0.717, 1.165) is 18.2 Å². The fourth-order valence-corrected chi connectivity index (χ4v) is 12.6. The second-order valence-corrected chi connectivity index (χ2v) is 23.8. The van der Waals surface area contributed by atoms with Crippen molar-refractivity contribution in [2.45, 2.75) is 94.6 Å². The summed E-state index contributed by atoms with van der Waals surface area (Å²) < 4.78 is 85.2. The van der Waals surface area contributed by atoms with Gasteiger partial charge in [-0.15, -0.1) is 0 Å². The number of nitrogens with one attached hydrogen (secondary N) is 1. The van der Waals surface area contributed by atoms with Gasteiger partial charge in [-0.25, -0.2) is 0 Å². The second-order valence-electron chi connectivity index (χ2n) is 19.2. The number of aryl methyl sites for hydroxylation is 1. The number of carbonyl (C=O) groups excluding carboxylic acids is 3. The molecule has 0 saturated carbocycles. The summed E-state index contributed by atoms with van der Waals surface area (Å²) in [6.07, 6.45) is 1.71. The largest absolute Gasteiger partial charge is 0.493 e. The molecule has 18 heteroatoms. The lowest BCUT2D eigenvalue weighted by Gasteiger charge is -2.28. The Kier molecular flexibility index (Phi) is 13.3. The zero-order valence-electron chi connectivity index (χ0n) is 39.4. The van der Waals surface area contributed by atoms with E-state index in [1.807, 2.05) is 75.4 Å². The van der Waals surface area contributed by atoms with Crippen LogP contribution in [0.15, 0.2) is 91.0 Å². The standard InChI is InChI=1S/C52H55N3O12S3/c1-30-16-39-36(25-48(70(62,63)65-5)44-22-34-11-7-9-13-42(34)55(44)50(39)57)23-45(30)66-27-31-17-32(19-38(18-31)53-49(56)14-15-52(2,3)68)28-67-47-24-35-20-37(29-69(59,60)61)43-21-33-10-6-8-12-41(33)54(43)51(58)40(35)26-46(47)64-4/h6-13,16-19,23-24,26,37,43-44,48,68H,14-15,20-22,25,27-29H2,1-5H3,(H,53,56)(H,59,60,61)/t37?,43-,44-,48?/m0/s1. The summed E-state index contributed by atoms with van der Waals surface area (Å²) in [5.41, 5.74) is 7.35. The van der Waals surface area contributed by atoms with Crippen molar-refractivity contribution in [1.82, 2.24) is 0 Å². The molecule has 368 valence electrons. The van der Waals surface area contributed by atoms with Crippen LogP contribution in [-0.2, 0) is 68.1 Å². The minimum atomic E-state index is -4.42. The summed E-state index contributed by atoms with van der Waals surface area (Å²) in [5.74, 6) is -1.02. The van der Waals surface area contributed by atoms with Gasteiger partial charge in [0.15, 0.2) is 11.5 Å². The molecule has 4 aliphatic heterocycles. The van der Waals surface area contributed by atoms with Crippen molar-refractivity contribution in [3.63, 3.8) is 0 Å². The van der Waals surface area contributed by atoms with Gasteiger partial charge in [0.05, 0.1) is 26.0 Å². The third-order valence-electron chi connectivity index (χ3n) is 13.7. The van der Waals surface area contributed by atoms with Crippen molar-refractivity contribution in [2.24, 2.45) is 5.92 Å². The molecule has 0 aromatic heterocycles. The Balaban J connectivity index is 1.01. The molecule has 4 heterocycles. The Bertz CT molecular complexity index is 3150. The molecular formula is C52H55N3O12S3. The van der Waals surface area contributed by atoms with E-state index < -0.39 is 49.2 Å². The van der Waals surface area contributed by atoms with Gasteiger partial charge >= 0.3 is 0 Å². The van der Waals surface area contributed by atoms with Crippen LogP contribution in [0.3, 0.4) is 0 Å². The monoisotopic (exact) mass is 1010 g/mol. The Labute approximate surface area is 413 Å². The average Bonchev–Trinajstić information content (AvgIpc) is 3.83. The number of methoxy groups -OCH3 is 1. The Morgan fingerprint density at radius 3 is 1.89 bits per heavy atom. The molecule has 0 aliphatic carbocycles. The highest BCUT2D eigenvalue weighted by molar-refractivity contribution is 7.87. The fraction of sp³-hybridized carbons (Fsp3) is 0.365. The van der Waals surface area contributed by atoms with Gasteiger partial charge in [-0.05, 0) is 133 Å². The first-order valence-corrected chi connectivity index (χ1v) is 26.6. The van der Waals surface area contributed by atoms with E-state index in [2.05, 4.69) is 17.9 Å². The van der Waals surface area contributed by atoms with E-state index in [0.29, 0.717) is 86.8 Å². The van der Waals surface area contributed by atoms with Crippen LogP contribution in [-0.4, -0.2) is 81.2 Å². The molecule has 5 aromatic rings. The van der Waals surface area contributed by atoms with Crippen LogP contribution in [0, 0.1) is 12.8 Å². The molecule has 0 fully saturated rings. The first kappa shape index (κ1) is 49.1. The van der Waals surface area contributed by atoms with Crippen LogP contribution in [0.4, 0.5) is 17.1 Å². The normalized spacial score (nSPS) is 19.5. The number of rotatable bonds is 15. The van der Waals surface area contributed by atoms with Gasteiger partial charge < -0.3 is 29.3 Å². The minimum absolute atomic E-state index is 0.0100. The molecule has 15 nitrogen and oxygen atoms in total. The van der Waals surface area contributed by atoms with Crippen LogP contribution in [0.2, 0.25) is 0 Å². The van der Waals surface area contributed by atoms with E-state index in [4.69, 9.17) is 18.4 Å². The van der Waals surface area contributed by atoms with Crippen LogP contribution < -0.4 is 29.3 Å². The average molecular weight is 1010 g/mol. The number of hydrogen-bond acceptors (Lipinski definition) is 12. The zero-order chi connectivity index (χ0) is 49.9. The van der Waals surface area contributed by atoms with Crippen LogP contribution in [0.1, 0.15) is 86.3 Å². The van der Waals surface area contributed by atoms with Crippen LogP contribution in [0.5, 0.6) is 17.2 Å². The number of thiol groups is 1.